The molecule has 16 heavy (non-hydrogen) atoms. The number of aromatic amines is 1. The van der Waals surface area contributed by atoms with E-state index in [0.717, 1.165) is 18.2 Å². The lowest BCUT2D eigenvalue weighted by Gasteiger charge is -2.05. The first-order valence-electron chi connectivity index (χ1n) is 4.46. The Morgan fingerprint density at radius 2 is 2.00 bits per heavy atom. The fourth-order valence-corrected chi connectivity index (χ4v) is 1.40. The number of benzene rings is 1. The lowest BCUT2D eigenvalue weighted by molar-refractivity contribution is 0.151. The molecule has 0 unspecified atom stereocenters. The second-order valence-corrected chi connectivity index (χ2v) is 3.24. The summed E-state index contributed by atoms with van der Waals surface area (Å²) in [5.74, 6) is -0.470. The van der Waals surface area contributed by atoms with Crippen LogP contribution in [0.1, 0.15) is 12.0 Å². The molecular weight excluding hydrogens is 219 g/mol. The van der Waals surface area contributed by atoms with E-state index in [9.17, 15) is 13.2 Å². The van der Waals surface area contributed by atoms with E-state index < -0.39 is 12.2 Å². The van der Waals surface area contributed by atoms with Crippen LogP contribution in [0, 0.1) is 5.82 Å². The molecule has 0 atom stereocenters. The fourth-order valence-electron chi connectivity index (χ4n) is 1.40. The van der Waals surface area contributed by atoms with E-state index in [1.165, 1.54) is 6.20 Å². The van der Waals surface area contributed by atoms with Gasteiger partial charge >= 0.3 is 0 Å². The van der Waals surface area contributed by atoms with Crippen LogP contribution in [0.15, 0.2) is 24.4 Å². The maximum Gasteiger partial charge on any atom is 0.263 e. The standard InChI is InChI=1S/C10H8F3N3/c11-8-2-1-5(9(12)13)3-6(8)7-4-15-16-10(7)14/h1-4,9H,(H3,14,15,16). The average molecular weight is 227 g/mol. The van der Waals surface area contributed by atoms with E-state index in [-0.39, 0.29) is 22.5 Å². The van der Waals surface area contributed by atoms with Crippen LogP contribution in [-0.2, 0) is 0 Å². The van der Waals surface area contributed by atoms with Gasteiger partial charge in [-0.15, -0.1) is 0 Å². The van der Waals surface area contributed by atoms with Crippen molar-refractivity contribution in [3.63, 3.8) is 0 Å². The number of aromatic nitrogens is 2. The average Bonchev–Trinajstić information content (AvgIpc) is 2.65. The summed E-state index contributed by atoms with van der Waals surface area (Å²) in [6.07, 6.45) is -1.35. The molecule has 0 aliphatic heterocycles. The summed E-state index contributed by atoms with van der Waals surface area (Å²) >= 11 is 0. The second kappa shape index (κ2) is 3.88. The Labute approximate surface area is 89.1 Å². The molecule has 1 heterocycles. The number of rotatable bonds is 2. The first kappa shape index (κ1) is 10.5. The summed E-state index contributed by atoms with van der Waals surface area (Å²) in [6.45, 7) is 0. The zero-order valence-electron chi connectivity index (χ0n) is 8.05. The summed E-state index contributed by atoms with van der Waals surface area (Å²) < 4.78 is 38.3. The van der Waals surface area contributed by atoms with Crippen molar-refractivity contribution in [2.75, 3.05) is 5.73 Å². The Hall–Kier alpha value is -1.98. The van der Waals surface area contributed by atoms with Gasteiger partial charge in [-0.2, -0.15) is 5.10 Å². The van der Waals surface area contributed by atoms with Gasteiger partial charge in [-0.1, -0.05) is 6.07 Å². The molecule has 0 fully saturated rings. The van der Waals surface area contributed by atoms with Gasteiger partial charge in [0.1, 0.15) is 11.6 Å². The van der Waals surface area contributed by atoms with Crippen molar-refractivity contribution in [3.8, 4) is 11.1 Å². The third-order valence-electron chi connectivity index (χ3n) is 2.20. The molecule has 2 aromatic rings. The van der Waals surface area contributed by atoms with Gasteiger partial charge in [-0.05, 0) is 12.1 Å². The molecule has 0 aliphatic rings. The van der Waals surface area contributed by atoms with Crippen molar-refractivity contribution in [2.45, 2.75) is 6.43 Å². The quantitative estimate of drug-likeness (QED) is 0.828. The normalized spacial score (nSPS) is 11.0. The molecular formula is C10H8F3N3. The van der Waals surface area contributed by atoms with Crippen LogP contribution in [0.25, 0.3) is 11.1 Å². The van der Waals surface area contributed by atoms with Crippen molar-refractivity contribution in [3.05, 3.63) is 35.8 Å². The van der Waals surface area contributed by atoms with Gasteiger partial charge in [0.25, 0.3) is 6.43 Å². The fraction of sp³-hybridized carbons (Fsp3) is 0.100. The molecule has 0 radical (unpaired) electrons. The van der Waals surface area contributed by atoms with E-state index in [2.05, 4.69) is 10.2 Å². The summed E-state index contributed by atoms with van der Waals surface area (Å²) in [5, 5.41) is 6.03. The number of H-pyrrole nitrogens is 1. The van der Waals surface area contributed by atoms with E-state index in [0.29, 0.717) is 0 Å². The van der Waals surface area contributed by atoms with E-state index in [1.807, 2.05) is 0 Å². The second-order valence-electron chi connectivity index (χ2n) is 3.24. The SMILES string of the molecule is Nc1[nH]ncc1-c1cc(C(F)F)ccc1F. The van der Waals surface area contributed by atoms with Crippen LogP contribution in [0.2, 0.25) is 0 Å². The molecule has 3 N–H and O–H groups in total. The summed E-state index contributed by atoms with van der Waals surface area (Å²) in [7, 11) is 0. The highest BCUT2D eigenvalue weighted by Crippen LogP contribution is 2.30. The lowest BCUT2D eigenvalue weighted by atomic mass is 10.0. The summed E-state index contributed by atoms with van der Waals surface area (Å²) in [5.41, 5.74) is 5.54. The Bertz CT molecular complexity index is 508. The molecule has 0 aliphatic carbocycles. The number of hydrogen-bond donors (Lipinski definition) is 2. The number of nitrogens with zero attached hydrogens (tertiary/aromatic N) is 1. The van der Waals surface area contributed by atoms with E-state index >= 15 is 0 Å². The third kappa shape index (κ3) is 1.73. The predicted molar refractivity (Wildman–Crippen MR) is 53.4 cm³/mol. The molecule has 2 rings (SSSR count). The number of nitrogens with one attached hydrogen (secondary N) is 1. The zero-order valence-corrected chi connectivity index (χ0v) is 8.05. The lowest BCUT2D eigenvalue weighted by Crippen LogP contribution is -1.92. The van der Waals surface area contributed by atoms with Crippen molar-refractivity contribution < 1.29 is 13.2 Å². The Balaban J connectivity index is 2.56. The monoisotopic (exact) mass is 227 g/mol. The Morgan fingerprint density at radius 1 is 1.25 bits per heavy atom. The third-order valence-corrected chi connectivity index (χ3v) is 2.20. The van der Waals surface area contributed by atoms with E-state index in [4.69, 9.17) is 5.73 Å². The van der Waals surface area contributed by atoms with Crippen LogP contribution < -0.4 is 5.73 Å². The van der Waals surface area contributed by atoms with Gasteiger partial charge in [0, 0.05) is 16.7 Å². The maximum atomic E-state index is 13.4. The molecule has 1 aromatic carbocycles. The molecule has 84 valence electrons. The van der Waals surface area contributed by atoms with Gasteiger partial charge in [-0.25, -0.2) is 13.2 Å². The highest BCUT2D eigenvalue weighted by Gasteiger charge is 2.14. The highest BCUT2D eigenvalue weighted by atomic mass is 19.3. The Morgan fingerprint density at radius 3 is 2.56 bits per heavy atom. The van der Waals surface area contributed by atoms with Crippen molar-refractivity contribution in [1.82, 2.24) is 10.2 Å². The van der Waals surface area contributed by atoms with Crippen LogP contribution >= 0.6 is 0 Å². The number of halogens is 3. The highest BCUT2D eigenvalue weighted by molar-refractivity contribution is 5.73. The van der Waals surface area contributed by atoms with Crippen molar-refractivity contribution in [1.29, 1.82) is 0 Å². The van der Waals surface area contributed by atoms with E-state index in [1.54, 1.807) is 0 Å². The molecule has 1 aromatic heterocycles. The Kier molecular flexibility index (Phi) is 2.55. The predicted octanol–water partition coefficient (Wildman–Crippen LogP) is 2.74. The van der Waals surface area contributed by atoms with Gasteiger partial charge in [0.2, 0.25) is 0 Å². The van der Waals surface area contributed by atoms with Crippen LogP contribution in [0.5, 0.6) is 0 Å². The molecule has 6 heteroatoms. The number of alkyl halides is 2. The van der Waals surface area contributed by atoms with Crippen LogP contribution in [-0.4, -0.2) is 10.2 Å². The minimum atomic E-state index is -2.65. The first-order chi connectivity index (χ1) is 7.59. The minimum Gasteiger partial charge on any atom is -0.384 e. The number of nitrogen functional groups attached to an aromatic ring is 1. The maximum absolute atomic E-state index is 13.4. The first-order valence-corrected chi connectivity index (χ1v) is 4.46. The van der Waals surface area contributed by atoms with Crippen LogP contribution in [0.3, 0.4) is 0 Å². The minimum absolute atomic E-state index is 0.0176. The molecule has 0 saturated heterocycles. The molecule has 0 spiro atoms. The topological polar surface area (TPSA) is 54.7 Å². The van der Waals surface area contributed by atoms with Crippen LogP contribution in [0.4, 0.5) is 19.0 Å². The van der Waals surface area contributed by atoms with Crippen molar-refractivity contribution in [2.24, 2.45) is 0 Å². The number of nitrogens with two attached hydrogens (primary N) is 1. The largest absolute Gasteiger partial charge is 0.384 e. The zero-order chi connectivity index (χ0) is 11.7. The van der Waals surface area contributed by atoms with Gasteiger partial charge in [0.05, 0.1) is 6.20 Å². The molecule has 0 bridgehead atoms. The van der Waals surface area contributed by atoms with Gasteiger partial charge < -0.3 is 5.73 Å². The number of anilines is 1. The van der Waals surface area contributed by atoms with Crippen molar-refractivity contribution >= 4 is 5.82 Å². The summed E-state index contributed by atoms with van der Waals surface area (Å²) in [6, 6.07) is 3.10. The molecule has 0 amide bonds. The summed E-state index contributed by atoms with van der Waals surface area (Å²) in [4.78, 5) is 0. The van der Waals surface area contributed by atoms with Gasteiger partial charge in [-0.3, -0.25) is 5.10 Å². The molecule has 0 saturated carbocycles. The molecule has 3 nitrogen and oxygen atoms in total. The van der Waals surface area contributed by atoms with Gasteiger partial charge in [0.15, 0.2) is 0 Å². The smallest absolute Gasteiger partial charge is 0.263 e. The number of hydrogen-bond acceptors (Lipinski definition) is 2.